The number of para-hydroxylation sites is 1. The monoisotopic (exact) mass is 394 g/mol. The standard InChI is InChI=1S/C24H30N2O3/c1-15(2)16(3)26-24(27)13-19(17-10-11-22(28-4)23(12-17)29-5)20-14-25-21-9-7-6-8-18(20)21/h6-12,14-16,19,25H,13H2,1-5H3,(H,26,27)/t16-,19-/m0/s1. The van der Waals surface area contributed by atoms with Gasteiger partial charge in [0.15, 0.2) is 11.5 Å². The molecule has 3 aromatic rings. The van der Waals surface area contributed by atoms with E-state index in [4.69, 9.17) is 9.47 Å². The number of carbonyl (C=O) groups is 1. The van der Waals surface area contributed by atoms with E-state index >= 15 is 0 Å². The Hall–Kier alpha value is -2.95. The SMILES string of the molecule is COc1ccc([C@H](CC(=O)N[C@@H](C)C(C)C)c2c[nH]c3ccccc23)cc1OC. The van der Waals surface area contributed by atoms with Gasteiger partial charge in [0.2, 0.25) is 5.91 Å². The van der Waals surface area contributed by atoms with Gasteiger partial charge in [-0.25, -0.2) is 0 Å². The molecule has 1 heterocycles. The molecule has 0 unspecified atom stereocenters. The Balaban J connectivity index is 2.01. The Labute approximate surface area is 172 Å². The molecule has 0 saturated heterocycles. The van der Waals surface area contributed by atoms with Crippen molar-refractivity contribution in [2.24, 2.45) is 5.92 Å². The van der Waals surface area contributed by atoms with Gasteiger partial charge in [0.25, 0.3) is 0 Å². The van der Waals surface area contributed by atoms with Crippen LogP contribution in [0.1, 0.15) is 44.2 Å². The molecule has 0 saturated carbocycles. The minimum absolute atomic E-state index is 0.0382. The summed E-state index contributed by atoms with van der Waals surface area (Å²) in [6.07, 6.45) is 2.36. The number of aromatic amines is 1. The molecular weight excluding hydrogens is 364 g/mol. The lowest BCUT2D eigenvalue weighted by Crippen LogP contribution is -2.36. The number of hydrogen-bond acceptors (Lipinski definition) is 3. The van der Waals surface area contributed by atoms with Gasteiger partial charge in [-0.05, 0) is 42.2 Å². The van der Waals surface area contributed by atoms with Crippen LogP contribution in [0.5, 0.6) is 11.5 Å². The van der Waals surface area contributed by atoms with E-state index in [2.05, 4.69) is 30.2 Å². The first-order chi connectivity index (χ1) is 13.9. The van der Waals surface area contributed by atoms with E-state index in [1.807, 2.05) is 49.5 Å². The number of benzene rings is 2. The number of carbonyl (C=O) groups excluding carboxylic acids is 1. The maximum atomic E-state index is 12.9. The molecule has 5 heteroatoms. The predicted molar refractivity (Wildman–Crippen MR) is 117 cm³/mol. The molecule has 5 nitrogen and oxygen atoms in total. The smallest absolute Gasteiger partial charge is 0.221 e. The minimum Gasteiger partial charge on any atom is -0.493 e. The highest BCUT2D eigenvalue weighted by molar-refractivity contribution is 5.86. The first-order valence-electron chi connectivity index (χ1n) is 10.0. The lowest BCUT2D eigenvalue weighted by Gasteiger charge is -2.22. The first kappa shape index (κ1) is 20.8. The zero-order valence-electron chi connectivity index (χ0n) is 17.8. The molecule has 0 radical (unpaired) electrons. The fraction of sp³-hybridized carbons (Fsp3) is 0.375. The van der Waals surface area contributed by atoms with Gasteiger partial charge in [0.1, 0.15) is 0 Å². The van der Waals surface area contributed by atoms with E-state index in [0.717, 1.165) is 22.0 Å². The van der Waals surface area contributed by atoms with E-state index in [1.54, 1.807) is 14.2 Å². The Morgan fingerprint density at radius 3 is 2.45 bits per heavy atom. The maximum absolute atomic E-state index is 12.9. The highest BCUT2D eigenvalue weighted by Gasteiger charge is 2.24. The second-order valence-corrected chi connectivity index (χ2v) is 7.76. The van der Waals surface area contributed by atoms with Crippen LogP contribution < -0.4 is 14.8 Å². The molecule has 0 bridgehead atoms. The van der Waals surface area contributed by atoms with Crippen LogP contribution in [-0.2, 0) is 4.79 Å². The topological polar surface area (TPSA) is 63.3 Å². The third-order valence-corrected chi connectivity index (χ3v) is 5.58. The molecule has 1 amide bonds. The van der Waals surface area contributed by atoms with Crippen molar-refractivity contribution in [1.29, 1.82) is 0 Å². The summed E-state index contributed by atoms with van der Waals surface area (Å²) in [4.78, 5) is 16.2. The molecular formula is C24H30N2O3. The number of H-pyrrole nitrogens is 1. The zero-order chi connectivity index (χ0) is 21.0. The minimum atomic E-state index is -0.106. The third kappa shape index (κ3) is 4.56. The molecule has 2 N–H and O–H groups in total. The van der Waals surface area contributed by atoms with E-state index < -0.39 is 0 Å². The van der Waals surface area contributed by atoms with Gasteiger partial charge in [-0.15, -0.1) is 0 Å². The third-order valence-electron chi connectivity index (χ3n) is 5.58. The average molecular weight is 395 g/mol. The number of ether oxygens (including phenoxy) is 2. The van der Waals surface area contributed by atoms with E-state index in [9.17, 15) is 4.79 Å². The fourth-order valence-corrected chi connectivity index (χ4v) is 3.52. The average Bonchev–Trinajstić information content (AvgIpc) is 3.15. The Morgan fingerprint density at radius 2 is 1.76 bits per heavy atom. The second-order valence-electron chi connectivity index (χ2n) is 7.76. The molecule has 2 aromatic carbocycles. The van der Waals surface area contributed by atoms with E-state index in [0.29, 0.717) is 23.8 Å². The van der Waals surface area contributed by atoms with Crippen molar-refractivity contribution < 1.29 is 14.3 Å². The number of rotatable bonds is 8. The fourth-order valence-electron chi connectivity index (χ4n) is 3.52. The lowest BCUT2D eigenvalue weighted by molar-refractivity contribution is -0.122. The molecule has 2 atom stereocenters. The van der Waals surface area contributed by atoms with Crippen LogP contribution in [0.2, 0.25) is 0 Å². The number of hydrogen-bond donors (Lipinski definition) is 2. The predicted octanol–water partition coefficient (Wildman–Crippen LogP) is 4.87. The van der Waals surface area contributed by atoms with Gasteiger partial charge in [0.05, 0.1) is 14.2 Å². The van der Waals surface area contributed by atoms with Crippen LogP contribution in [0.15, 0.2) is 48.7 Å². The molecule has 0 aliphatic heterocycles. The maximum Gasteiger partial charge on any atom is 0.221 e. The number of fused-ring (bicyclic) bond motifs is 1. The van der Waals surface area contributed by atoms with Crippen LogP contribution in [0.4, 0.5) is 0 Å². The van der Waals surface area contributed by atoms with E-state index in [1.165, 1.54) is 0 Å². The molecule has 3 rings (SSSR count). The normalized spacial score (nSPS) is 13.3. The van der Waals surface area contributed by atoms with Crippen molar-refractivity contribution in [3.63, 3.8) is 0 Å². The molecule has 0 fully saturated rings. The van der Waals surface area contributed by atoms with Crippen molar-refractivity contribution in [3.05, 3.63) is 59.8 Å². The highest BCUT2D eigenvalue weighted by atomic mass is 16.5. The summed E-state index contributed by atoms with van der Waals surface area (Å²) < 4.78 is 10.9. The van der Waals surface area contributed by atoms with Crippen molar-refractivity contribution >= 4 is 16.8 Å². The van der Waals surface area contributed by atoms with Crippen molar-refractivity contribution in [2.45, 2.75) is 39.2 Å². The van der Waals surface area contributed by atoms with Crippen LogP contribution in [0, 0.1) is 5.92 Å². The summed E-state index contributed by atoms with van der Waals surface area (Å²) in [5.74, 6) is 1.64. The van der Waals surface area contributed by atoms with Crippen LogP contribution in [-0.4, -0.2) is 31.2 Å². The Kier molecular flexibility index (Phi) is 6.47. The Morgan fingerprint density at radius 1 is 1.03 bits per heavy atom. The highest BCUT2D eigenvalue weighted by Crippen LogP contribution is 2.37. The van der Waals surface area contributed by atoms with Crippen molar-refractivity contribution in [2.75, 3.05) is 14.2 Å². The summed E-state index contributed by atoms with van der Waals surface area (Å²) >= 11 is 0. The largest absolute Gasteiger partial charge is 0.493 e. The summed E-state index contributed by atoms with van der Waals surface area (Å²) in [5.41, 5.74) is 3.17. The van der Waals surface area contributed by atoms with Crippen LogP contribution >= 0.6 is 0 Å². The molecule has 0 aliphatic rings. The number of nitrogens with one attached hydrogen (secondary N) is 2. The van der Waals surface area contributed by atoms with Gasteiger partial charge in [-0.1, -0.05) is 38.1 Å². The van der Waals surface area contributed by atoms with Gasteiger partial charge in [0, 0.05) is 35.5 Å². The summed E-state index contributed by atoms with van der Waals surface area (Å²) in [6, 6.07) is 14.1. The summed E-state index contributed by atoms with van der Waals surface area (Å²) in [6.45, 7) is 6.26. The quantitative estimate of drug-likeness (QED) is 0.573. The van der Waals surface area contributed by atoms with Crippen molar-refractivity contribution in [3.8, 4) is 11.5 Å². The Bertz CT molecular complexity index is 977. The number of methoxy groups -OCH3 is 2. The summed E-state index contributed by atoms with van der Waals surface area (Å²) in [7, 11) is 3.24. The van der Waals surface area contributed by atoms with E-state index in [-0.39, 0.29) is 17.9 Å². The molecule has 0 aliphatic carbocycles. The van der Waals surface area contributed by atoms with Crippen molar-refractivity contribution in [1.82, 2.24) is 10.3 Å². The van der Waals surface area contributed by atoms with Gasteiger partial charge < -0.3 is 19.8 Å². The molecule has 29 heavy (non-hydrogen) atoms. The number of aromatic nitrogens is 1. The molecule has 154 valence electrons. The first-order valence-corrected chi connectivity index (χ1v) is 10.0. The summed E-state index contributed by atoms with van der Waals surface area (Å²) in [5, 5.41) is 4.26. The van der Waals surface area contributed by atoms with Crippen LogP contribution in [0.25, 0.3) is 10.9 Å². The lowest BCUT2D eigenvalue weighted by atomic mass is 9.87. The zero-order valence-corrected chi connectivity index (χ0v) is 17.8. The number of amides is 1. The molecule has 0 spiro atoms. The second kappa shape index (κ2) is 9.03. The van der Waals surface area contributed by atoms with Gasteiger partial charge in [-0.2, -0.15) is 0 Å². The molecule has 1 aromatic heterocycles. The van der Waals surface area contributed by atoms with Gasteiger partial charge in [-0.3, -0.25) is 4.79 Å². The van der Waals surface area contributed by atoms with Crippen LogP contribution in [0.3, 0.4) is 0 Å². The van der Waals surface area contributed by atoms with Gasteiger partial charge >= 0.3 is 0 Å².